The summed E-state index contributed by atoms with van der Waals surface area (Å²) in [5, 5.41) is 4.03. The average Bonchev–Trinajstić information content (AvgIpc) is 2.62. The molecule has 0 atom stereocenters. The highest BCUT2D eigenvalue weighted by molar-refractivity contribution is 5.93. The summed E-state index contributed by atoms with van der Waals surface area (Å²) in [6.07, 6.45) is 21.2. The van der Waals surface area contributed by atoms with E-state index in [1.54, 1.807) is 12.3 Å². The van der Waals surface area contributed by atoms with Gasteiger partial charge in [0, 0.05) is 12.3 Å². The lowest BCUT2D eigenvalue weighted by Crippen LogP contribution is -2.29. The minimum Gasteiger partial charge on any atom is -0.267 e. The van der Waals surface area contributed by atoms with Crippen LogP contribution in [-0.2, 0) is 7.05 Å². The molecule has 140 valence electrons. The van der Waals surface area contributed by atoms with E-state index in [2.05, 4.69) is 17.5 Å². The van der Waals surface area contributed by atoms with Crippen LogP contribution in [0.25, 0.3) is 0 Å². The first-order valence-electron chi connectivity index (χ1n) is 10.0. The Morgan fingerprint density at radius 2 is 1.64 bits per heavy atom. The Hall–Kier alpha value is -1.71. The van der Waals surface area contributed by atoms with Gasteiger partial charge in [0.15, 0.2) is 12.4 Å². The number of carbonyl (C=O) groups is 1. The number of amides is 1. The fourth-order valence-corrected chi connectivity index (χ4v) is 2.86. The van der Waals surface area contributed by atoms with Gasteiger partial charge >= 0.3 is 0 Å². The van der Waals surface area contributed by atoms with E-state index in [0.717, 1.165) is 12.8 Å². The summed E-state index contributed by atoms with van der Waals surface area (Å²) in [6, 6.07) is 3.64. The topological polar surface area (TPSA) is 45.3 Å². The number of rotatable bonds is 14. The SMILES string of the molecule is CCCCCCCCCCCCCC=NNC(=O)c1ccc[n+](C)c1. The maximum atomic E-state index is 11.9. The van der Waals surface area contributed by atoms with Crippen LogP contribution in [0.5, 0.6) is 0 Å². The first-order chi connectivity index (χ1) is 12.2. The van der Waals surface area contributed by atoms with Gasteiger partial charge in [-0.25, -0.2) is 9.99 Å². The fourth-order valence-electron chi connectivity index (χ4n) is 2.86. The van der Waals surface area contributed by atoms with E-state index in [1.165, 1.54) is 64.2 Å². The zero-order valence-electron chi connectivity index (χ0n) is 16.2. The first-order valence-corrected chi connectivity index (χ1v) is 10.0. The van der Waals surface area contributed by atoms with Crippen LogP contribution in [0.3, 0.4) is 0 Å². The van der Waals surface area contributed by atoms with E-state index < -0.39 is 0 Å². The molecule has 1 rings (SSSR count). The van der Waals surface area contributed by atoms with Crippen LogP contribution in [0.4, 0.5) is 0 Å². The predicted octanol–water partition coefficient (Wildman–Crippen LogP) is 4.93. The summed E-state index contributed by atoms with van der Waals surface area (Å²) in [4.78, 5) is 11.9. The van der Waals surface area contributed by atoms with Crippen molar-refractivity contribution in [3.63, 3.8) is 0 Å². The molecule has 0 aromatic carbocycles. The lowest BCUT2D eigenvalue weighted by molar-refractivity contribution is -0.671. The molecule has 1 aromatic rings. The third-order valence-electron chi connectivity index (χ3n) is 4.40. The van der Waals surface area contributed by atoms with Crippen LogP contribution in [0, 0.1) is 0 Å². The molecular formula is C21H36N3O+. The van der Waals surface area contributed by atoms with Crippen LogP contribution in [0.1, 0.15) is 94.3 Å². The number of aromatic nitrogens is 1. The summed E-state index contributed by atoms with van der Waals surface area (Å²) in [6.45, 7) is 2.27. The largest absolute Gasteiger partial charge is 0.277 e. The zero-order chi connectivity index (χ0) is 18.2. The Morgan fingerprint density at radius 1 is 1.04 bits per heavy atom. The van der Waals surface area contributed by atoms with Gasteiger partial charge in [0.05, 0.1) is 0 Å². The summed E-state index contributed by atoms with van der Waals surface area (Å²) >= 11 is 0. The summed E-state index contributed by atoms with van der Waals surface area (Å²) < 4.78 is 1.85. The van der Waals surface area contributed by atoms with Gasteiger partial charge in [0.1, 0.15) is 12.6 Å². The first kappa shape index (κ1) is 21.3. The van der Waals surface area contributed by atoms with Gasteiger partial charge in [-0.1, -0.05) is 71.1 Å². The molecule has 1 N–H and O–H groups in total. The second kappa shape index (κ2) is 14.6. The van der Waals surface area contributed by atoms with E-state index in [9.17, 15) is 4.79 Å². The molecule has 1 heterocycles. The molecule has 0 aliphatic rings. The van der Waals surface area contributed by atoms with Gasteiger partial charge in [-0.05, 0) is 18.9 Å². The molecule has 0 bridgehead atoms. The monoisotopic (exact) mass is 346 g/mol. The van der Waals surface area contributed by atoms with E-state index in [4.69, 9.17) is 0 Å². The lowest BCUT2D eigenvalue weighted by atomic mass is 10.1. The highest BCUT2D eigenvalue weighted by Crippen LogP contribution is 2.11. The van der Waals surface area contributed by atoms with Crippen LogP contribution in [-0.4, -0.2) is 12.1 Å². The van der Waals surface area contributed by atoms with Crippen molar-refractivity contribution < 1.29 is 9.36 Å². The number of hydrogen-bond acceptors (Lipinski definition) is 2. The number of aryl methyl sites for hydroxylation is 1. The molecule has 4 heteroatoms. The highest BCUT2D eigenvalue weighted by Gasteiger charge is 2.07. The van der Waals surface area contributed by atoms with Crippen LogP contribution in [0.2, 0.25) is 0 Å². The Kier molecular flexibility index (Phi) is 12.5. The molecule has 25 heavy (non-hydrogen) atoms. The molecule has 1 amide bonds. The van der Waals surface area contributed by atoms with E-state index in [1.807, 2.05) is 30.1 Å². The Labute approximate surface area is 153 Å². The summed E-state index contributed by atoms with van der Waals surface area (Å²) in [5.41, 5.74) is 3.21. The van der Waals surface area contributed by atoms with Crippen molar-refractivity contribution >= 4 is 12.1 Å². The maximum absolute atomic E-state index is 11.9. The number of hydrazone groups is 1. The predicted molar refractivity (Wildman–Crippen MR) is 105 cm³/mol. The molecule has 0 aliphatic carbocycles. The smallest absolute Gasteiger partial charge is 0.267 e. The van der Waals surface area contributed by atoms with E-state index in [0.29, 0.717) is 5.56 Å². The number of carbonyl (C=O) groups excluding carboxylic acids is 1. The van der Waals surface area contributed by atoms with Crippen molar-refractivity contribution in [1.29, 1.82) is 0 Å². The van der Waals surface area contributed by atoms with Gasteiger partial charge in [0.2, 0.25) is 0 Å². The normalized spacial score (nSPS) is 11.1. The van der Waals surface area contributed by atoms with Crippen molar-refractivity contribution in [3.8, 4) is 0 Å². The van der Waals surface area contributed by atoms with Gasteiger partial charge in [-0.2, -0.15) is 5.10 Å². The van der Waals surface area contributed by atoms with Crippen molar-refractivity contribution in [2.75, 3.05) is 0 Å². The molecule has 4 nitrogen and oxygen atoms in total. The summed E-state index contributed by atoms with van der Waals surface area (Å²) in [7, 11) is 1.90. The molecule has 0 radical (unpaired) electrons. The highest BCUT2D eigenvalue weighted by atomic mass is 16.2. The lowest BCUT2D eigenvalue weighted by Gasteiger charge is -2.01. The second-order valence-corrected chi connectivity index (χ2v) is 6.83. The van der Waals surface area contributed by atoms with Crippen LogP contribution >= 0.6 is 0 Å². The number of nitrogens with zero attached hydrogens (tertiary/aromatic N) is 2. The Bertz CT molecular complexity index is 500. The molecule has 0 spiro atoms. The van der Waals surface area contributed by atoms with Crippen molar-refractivity contribution in [1.82, 2.24) is 5.43 Å². The third-order valence-corrected chi connectivity index (χ3v) is 4.40. The molecule has 0 saturated heterocycles. The number of unbranched alkanes of at least 4 members (excludes halogenated alkanes) is 11. The minimum atomic E-state index is -0.161. The molecular weight excluding hydrogens is 310 g/mol. The average molecular weight is 347 g/mol. The van der Waals surface area contributed by atoms with Crippen molar-refractivity contribution in [2.45, 2.75) is 84.0 Å². The quantitative estimate of drug-likeness (QED) is 0.221. The van der Waals surface area contributed by atoms with Gasteiger partial charge in [-0.15, -0.1) is 0 Å². The molecule has 1 aromatic heterocycles. The van der Waals surface area contributed by atoms with Gasteiger partial charge < -0.3 is 0 Å². The van der Waals surface area contributed by atoms with Gasteiger partial charge in [0.25, 0.3) is 5.91 Å². The second-order valence-electron chi connectivity index (χ2n) is 6.83. The third kappa shape index (κ3) is 11.5. The number of pyridine rings is 1. The number of hydrogen-bond donors (Lipinski definition) is 1. The Morgan fingerprint density at radius 3 is 2.24 bits per heavy atom. The van der Waals surface area contributed by atoms with Crippen molar-refractivity contribution in [2.24, 2.45) is 12.1 Å². The zero-order valence-corrected chi connectivity index (χ0v) is 16.2. The standard InChI is InChI=1S/C21H35N3O/c1-3-4-5-6-7-8-9-10-11-12-13-14-17-22-23-21(25)20-16-15-18-24(2)19-20/h15-19H,3-14H2,1-2H3/p+1. The molecule has 0 saturated carbocycles. The maximum Gasteiger partial charge on any atom is 0.277 e. The van der Waals surface area contributed by atoms with Crippen molar-refractivity contribution in [3.05, 3.63) is 30.1 Å². The summed E-state index contributed by atoms with van der Waals surface area (Å²) in [5.74, 6) is -0.161. The Balaban J connectivity index is 1.92. The number of nitrogens with one attached hydrogen (secondary N) is 1. The minimum absolute atomic E-state index is 0.161. The van der Waals surface area contributed by atoms with Crippen LogP contribution < -0.4 is 9.99 Å². The molecule has 0 aliphatic heterocycles. The van der Waals surface area contributed by atoms with E-state index in [-0.39, 0.29) is 5.91 Å². The van der Waals surface area contributed by atoms with Crippen LogP contribution in [0.15, 0.2) is 29.6 Å². The van der Waals surface area contributed by atoms with Gasteiger partial charge in [-0.3, -0.25) is 4.79 Å². The molecule has 0 unspecified atom stereocenters. The van der Waals surface area contributed by atoms with E-state index >= 15 is 0 Å². The fraction of sp³-hybridized carbons (Fsp3) is 0.667. The molecule has 0 fully saturated rings.